The van der Waals surface area contributed by atoms with E-state index in [1.807, 2.05) is 30.3 Å². The summed E-state index contributed by atoms with van der Waals surface area (Å²) in [5, 5.41) is 3.71. The Morgan fingerprint density at radius 2 is 1.40 bits per heavy atom. The van der Waals surface area contributed by atoms with Crippen molar-refractivity contribution in [3.63, 3.8) is 0 Å². The van der Waals surface area contributed by atoms with Crippen LogP contribution in [-0.2, 0) is 32.6 Å². The van der Waals surface area contributed by atoms with Gasteiger partial charge in [-0.1, -0.05) is 109 Å². The van der Waals surface area contributed by atoms with Crippen molar-refractivity contribution in [2.24, 2.45) is 0 Å². The summed E-state index contributed by atoms with van der Waals surface area (Å²) in [6.45, 7) is -0.981. The van der Waals surface area contributed by atoms with E-state index >= 15 is 4.39 Å². The SMILES string of the molecule is O=C(NC1CCCCC1)[C@H](Cc1ccccc1)N(Cc1c(Cl)cccc1Cl)C(=O)CN(c1ccccc1F)S(=O)(=O)c1ccccc1. The Hall–Kier alpha value is -3.92. The zero-order valence-corrected chi connectivity index (χ0v) is 28.0. The number of rotatable bonds is 12. The summed E-state index contributed by atoms with van der Waals surface area (Å²) >= 11 is 13.1. The lowest BCUT2D eigenvalue weighted by atomic mass is 9.94. The van der Waals surface area contributed by atoms with Crippen molar-refractivity contribution in [1.29, 1.82) is 0 Å². The van der Waals surface area contributed by atoms with Gasteiger partial charge in [-0.3, -0.25) is 13.9 Å². The molecule has 1 aliphatic rings. The van der Waals surface area contributed by atoms with Gasteiger partial charge in [-0.2, -0.15) is 0 Å². The van der Waals surface area contributed by atoms with Crippen LogP contribution in [-0.4, -0.2) is 43.8 Å². The zero-order chi connectivity index (χ0) is 33.4. The van der Waals surface area contributed by atoms with Crippen molar-refractivity contribution in [1.82, 2.24) is 10.2 Å². The number of hydrogen-bond donors (Lipinski definition) is 1. The molecule has 4 aromatic carbocycles. The first kappa shape index (κ1) is 34.4. The standard InChI is InChI=1S/C36H36Cl2FN3O4S/c37-30-19-12-20-31(38)29(30)24-41(34(23-26-13-4-1-5-14-26)36(44)40-27-15-6-2-7-16-27)35(43)25-42(33-22-11-10-21-32(33)39)47(45,46)28-17-8-3-9-18-28/h1,3-5,8-14,17-22,27,34H,2,6-7,15-16,23-25H2,(H,40,44)/t34-/m0/s1. The summed E-state index contributed by atoms with van der Waals surface area (Å²) < 4.78 is 44.1. The average Bonchev–Trinajstić information content (AvgIpc) is 3.08. The Balaban J connectivity index is 1.59. The van der Waals surface area contributed by atoms with Crippen LogP contribution in [0.4, 0.5) is 10.1 Å². The van der Waals surface area contributed by atoms with E-state index in [2.05, 4.69) is 5.32 Å². The zero-order valence-electron chi connectivity index (χ0n) is 25.7. The molecular formula is C36H36Cl2FN3O4S. The molecule has 1 aliphatic carbocycles. The number of nitrogens with one attached hydrogen (secondary N) is 1. The predicted molar refractivity (Wildman–Crippen MR) is 183 cm³/mol. The van der Waals surface area contributed by atoms with Gasteiger partial charge in [0.15, 0.2) is 0 Å². The van der Waals surface area contributed by atoms with E-state index in [1.165, 1.54) is 35.2 Å². The van der Waals surface area contributed by atoms with E-state index in [4.69, 9.17) is 23.2 Å². The van der Waals surface area contributed by atoms with Gasteiger partial charge in [-0.15, -0.1) is 0 Å². The molecule has 1 atom stereocenters. The third-order valence-corrected chi connectivity index (χ3v) is 10.8. The molecule has 0 aromatic heterocycles. The molecule has 0 spiro atoms. The number of para-hydroxylation sites is 1. The number of anilines is 1. The highest BCUT2D eigenvalue weighted by atomic mass is 35.5. The monoisotopic (exact) mass is 695 g/mol. The molecule has 47 heavy (non-hydrogen) atoms. The van der Waals surface area contributed by atoms with Gasteiger partial charge in [0.05, 0.1) is 10.6 Å². The summed E-state index contributed by atoms with van der Waals surface area (Å²) in [6.07, 6.45) is 4.85. The molecule has 0 heterocycles. The predicted octanol–water partition coefficient (Wildman–Crippen LogP) is 7.42. The molecular weight excluding hydrogens is 660 g/mol. The number of carbonyl (C=O) groups excluding carboxylic acids is 2. The number of carbonyl (C=O) groups is 2. The van der Waals surface area contributed by atoms with Gasteiger partial charge in [0.2, 0.25) is 11.8 Å². The van der Waals surface area contributed by atoms with Crippen molar-refractivity contribution in [2.45, 2.75) is 62.0 Å². The van der Waals surface area contributed by atoms with Crippen LogP contribution < -0.4 is 9.62 Å². The van der Waals surface area contributed by atoms with Gasteiger partial charge >= 0.3 is 0 Å². The Bertz CT molecular complexity index is 1770. The first-order chi connectivity index (χ1) is 22.6. The maximum Gasteiger partial charge on any atom is 0.264 e. The molecule has 1 fully saturated rings. The van der Waals surface area contributed by atoms with E-state index in [1.54, 1.807) is 36.4 Å². The molecule has 0 saturated heterocycles. The van der Waals surface area contributed by atoms with Crippen LogP contribution in [0.5, 0.6) is 0 Å². The van der Waals surface area contributed by atoms with Crippen LogP contribution in [0.2, 0.25) is 10.0 Å². The minimum Gasteiger partial charge on any atom is -0.352 e. The summed E-state index contributed by atoms with van der Waals surface area (Å²) in [7, 11) is -4.43. The van der Waals surface area contributed by atoms with Crippen molar-refractivity contribution < 1.29 is 22.4 Å². The van der Waals surface area contributed by atoms with Gasteiger partial charge < -0.3 is 10.2 Å². The van der Waals surface area contributed by atoms with Crippen LogP contribution in [0.15, 0.2) is 108 Å². The summed E-state index contributed by atoms with van der Waals surface area (Å²) in [5.74, 6) is -1.93. The minimum atomic E-state index is -4.43. The fourth-order valence-corrected chi connectivity index (χ4v) is 7.80. The highest BCUT2D eigenvalue weighted by molar-refractivity contribution is 7.92. The summed E-state index contributed by atoms with van der Waals surface area (Å²) in [6, 6.07) is 25.9. The van der Waals surface area contributed by atoms with Crippen LogP contribution in [0.3, 0.4) is 0 Å². The Kier molecular flexibility index (Phi) is 11.6. The number of nitrogens with zero attached hydrogens (tertiary/aromatic N) is 2. The lowest BCUT2D eigenvalue weighted by Crippen LogP contribution is -2.55. The van der Waals surface area contributed by atoms with Gasteiger partial charge in [0, 0.05) is 34.6 Å². The lowest BCUT2D eigenvalue weighted by molar-refractivity contribution is -0.140. The third kappa shape index (κ3) is 8.52. The fraction of sp³-hybridized carbons (Fsp3) is 0.278. The van der Waals surface area contributed by atoms with Crippen LogP contribution >= 0.6 is 23.2 Å². The summed E-state index contributed by atoms with van der Waals surface area (Å²) in [4.78, 5) is 30.0. The molecule has 0 radical (unpaired) electrons. The molecule has 0 aliphatic heterocycles. The topological polar surface area (TPSA) is 86.8 Å². The molecule has 7 nitrogen and oxygen atoms in total. The highest BCUT2D eigenvalue weighted by Gasteiger charge is 2.36. The van der Waals surface area contributed by atoms with Crippen molar-refractivity contribution in [3.8, 4) is 0 Å². The molecule has 5 rings (SSSR count). The Labute approximate surface area is 285 Å². The van der Waals surface area contributed by atoms with Crippen molar-refractivity contribution in [3.05, 3.63) is 130 Å². The van der Waals surface area contributed by atoms with E-state index in [-0.39, 0.29) is 45.5 Å². The van der Waals surface area contributed by atoms with Crippen molar-refractivity contribution >= 4 is 50.7 Å². The molecule has 1 saturated carbocycles. The first-order valence-electron chi connectivity index (χ1n) is 15.5. The maximum atomic E-state index is 15.3. The second kappa shape index (κ2) is 15.8. The Morgan fingerprint density at radius 3 is 2.04 bits per heavy atom. The normalized spacial score (nSPS) is 14.3. The quantitative estimate of drug-likeness (QED) is 0.167. The molecule has 1 N–H and O–H groups in total. The largest absolute Gasteiger partial charge is 0.352 e. The van der Waals surface area contributed by atoms with E-state index in [0.29, 0.717) is 5.56 Å². The molecule has 0 unspecified atom stereocenters. The van der Waals surface area contributed by atoms with Gasteiger partial charge in [-0.25, -0.2) is 12.8 Å². The van der Waals surface area contributed by atoms with Crippen LogP contribution in [0, 0.1) is 5.82 Å². The molecule has 0 bridgehead atoms. The smallest absolute Gasteiger partial charge is 0.264 e. The number of hydrogen-bond acceptors (Lipinski definition) is 4. The number of amides is 2. The highest BCUT2D eigenvalue weighted by Crippen LogP contribution is 2.30. The molecule has 246 valence electrons. The van der Waals surface area contributed by atoms with Crippen LogP contribution in [0.25, 0.3) is 0 Å². The lowest BCUT2D eigenvalue weighted by Gasteiger charge is -2.35. The first-order valence-corrected chi connectivity index (χ1v) is 17.7. The van der Waals surface area contributed by atoms with Gasteiger partial charge in [0.1, 0.15) is 18.4 Å². The minimum absolute atomic E-state index is 0.0521. The second-order valence-corrected chi connectivity index (χ2v) is 14.2. The van der Waals surface area contributed by atoms with Crippen molar-refractivity contribution in [2.75, 3.05) is 10.8 Å². The van der Waals surface area contributed by atoms with Crippen LogP contribution in [0.1, 0.15) is 43.2 Å². The third-order valence-electron chi connectivity index (χ3n) is 8.34. The molecule has 11 heteroatoms. The summed E-state index contributed by atoms with van der Waals surface area (Å²) in [5.41, 5.74) is 0.894. The molecule has 2 amide bonds. The number of halogens is 3. The Morgan fingerprint density at radius 1 is 0.809 bits per heavy atom. The van der Waals surface area contributed by atoms with E-state index < -0.39 is 34.3 Å². The van der Waals surface area contributed by atoms with Gasteiger partial charge in [-0.05, 0) is 54.8 Å². The maximum absolute atomic E-state index is 15.3. The number of benzene rings is 4. The number of sulfonamides is 1. The van der Waals surface area contributed by atoms with E-state index in [0.717, 1.165) is 48.0 Å². The van der Waals surface area contributed by atoms with Gasteiger partial charge in [0.25, 0.3) is 10.0 Å². The second-order valence-electron chi connectivity index (χ2n) is 11.5. The average molecular weight is 697 g/mol. The fourth-order valence-electron chi connectivity index (χ4n) is 5.84. The van der Waals surface area contributed by atoms with E-state index in [9.17, 15) is 18.0 Å². The molecule has 4 aromatic rings.